The minimum atomic E-state index is 0.305. The fourth-order valence-electron chi connectivity index (χ4n) is 2.17. The Kier molecular flexibility index (Phi) is 5.10. The molecule has 0 saturated carbocycles. The van der Waals surface area contributed by atoms with Gasteiger partial charge in [0.2, 0.25) is 5.88 Å². The van der Waals surface area contributed by atoms with Crippen molar-refractivity contribution in [1.82, 2.24) is 9.88 Å². The second-order valence-corrected chi connectivity index (χ2v) is 5.33. The number of nitrogens with zero attached hydrogens (tertiary/aromatic N) is 2. The number of alkyl halides is 1. The van der Waals surface area contributed by atoms with E-state index >= 15 is 0 Å². The van der Waals surface area contributed by atoms with E-state index in [9.17, 15) is 0 Å². The van der Waals surface area contributed by atoms with Crippen molar-refractivity contribution in [2.75, 3.05) is 20.2 Å². The Bertz CT molecular complexity index is 401. The first-order valence-corrected chi connectivity index (χ1v) is 7.16. The van der Waals surface area contributed by atoms with Crippen LogP contribution in [0.4, 0.5) is 0 Å². The summed E-state index contributed by atoms with van der Waals surface area (Å²) in [4.78, 5) is 6.64. The Balaban J connectivity index is 1.93. The highest BCUT2D eigenvalue weighted by Crippen LogP contribution is 2.21. The number of halogens is 2. The predicted octanol–water partition coefficient (Wildman–Crippen LogP) is 3.34. The molecule has 2 heterocycles. The van der Waals surface area contributed by atoms with Crippen LogP contribution in [0.15, 0.2) is 12.1 Å². The lowest BCUT2D eigenvalue weighted by molar-refractivity contribution is 0.122. The van der Waals surface area contributed by atoms with Gasteiger partial charge in [0.05, 0.1) is 16.6 Å². The molecule has 2 rings (SSSR count). The van der Waals surface area contributed by atoms with Crippen molar-refractivity contribution in [3.63, 3.8) is 0 Å². The number of likely N-dealkylation sites (N-methyl/N-ethyl adjacent to an activating group) is 1. The Hall–Kier alpha value is -0.510. The summed E-state index contributed by atoms with van der Waals surface area (Å²) in [5, 5.41) is 0.590. The van der Waals surface area contributed by atoms with Crippen LogP contribution in [-0.2, 0) is 5.88 Å². The van der Waals surface area contributed by atoms with Crippen LogP contribution < -0.4 is 4.74 Å². The molecular weight excluding hydrogens is 271 g/mol. The van der Waals surface area contributed by atoms with Crippen molar-refractivity contribution in [3.05, 3.63) is 22.8 Å². The van der Waals surface area contributed by atoms with Gasteiger partial charge >= 0.3 is 0 Å². The van der Waals surface area contributed by atoms with E-state index < -0.39 is 0 Å². The largest absolute Gasteiger partial charge is 0.476 e. The molecule has 0 N–H and O–H groups in total. The topological polar surface area (TPSA) is 25.4 Å². The minimum Gasteiger partial charge on any atom is -0.476 e. The van der Waals surface area contributed by atoms with Crippen molar-refractivity contribution in [1.29, 1.82) is 0 Å². The number of hydrogen-bond acceptors (Lipinski definition) is 3. The molecule has 1 fully saturated rings. The van der Waals surface area contributed by atoms with Gasteiger partial charge in [-0.05, 0) is 32.5 Å². The highest BCUT2D eigenvalue weighted by atomic mass is 35.5. The van der Waals surface area contributed by atoms with Crippen molar-refractivity contribution in [2.24, 2.45) is 0 Å². The standard InChI is InChI=1S/C13H18Cl2N2O/c1-17-7-3-2-4-10(17)9-18-13-6-5-11(15)12(8-14)16-13/h5-6,10H,2-4,7-9H2,1H3. The molecule has 1 aliphatic rings. The van der Waals surface area contributed by atoms with E-state index in [1.54, 1.807) is 12.1 Å². The molecule has 1 aliphatic heterocycles. The van der Waals surface area contributed by atoms with Gasteiger partial charge in [0.25, 0.3) is 0 Å². The molecule has 18 heavy (non-hydrogen) atoms. The average molecular weight is 289 g/mol. The zero-order valence-electron chi connectivity index (χ0n) is 10.5. The van der Waals surface area contributed by atoms with Crippen molar-refractivity contribution < 1.29 is 4.74 Å². The predicted molar refractivity (Wildman–Crippen MR) is 74.6 cm³/mol. The van der Waals surface area contributed by atoms with Gasteiger partial charge in [-0.25, -0.2) is 4.98 Å². The molecule has 3 nitrogen and oxygen atoms in total. The SMILES string of the molecule is CN1CCCCC1COc1ccc(Cl)c(CCl)n1. The molecule has 0 aliphatic carbocycles. The summed E-state index contributed by atoms with van der Waals surface area (Å²) < 4.78 is 5.74. The van der Waals surface area contributed by atoms with Crippen LogP contribution in [0, 0.1) is 0 Å². The smallest absolute Gasteiger partial charge is 0.213 e. The number of hydrogen-bond donors (Lipinski definition) is 0. The van der Waals surface area contributed by atoms with E-state index in [0.29, 0.717) is 35.1 Å². The molecule has 0 spiro atoms. The Morgan fingerprint density at radius 2 is 2.28 bits per heavy atom. The van der Waals surface area contributed by atoms with Gasteiger partial charge in [0.15, 0.2) is 0 Å². The number of rotatable bonds is 4. The van der Waals surface area contributed by atoms with E-state index in [2.05, 4.69) is 16.9 Å². The number of likely N-dealkylation sites (tertiary alicyclic amines) is 1. The van der Waals surface area contributed by atoms with Crippen LogP contribution in [0.1, 0.15) is 25.0 Å². The van der Waals surface area contributed by atoms with Crippen LogP contribution in [0.25, 0.3) is 0 Å². The number of ether oxygens (including phenoxy) is 1. The highest BCUT2D eigenvalue weighted by molar-refractivity contribution is 6.32. The molecule has 0 bridgehead atoms. The zero-order chi connectivity index (χ0) is 13.0. The van der Waals surface area contributed by atoms with Gasteiger partial charge < -0.3 is 9.64 Å². The maximum absolute atomic E-state index is 5.96. The third-order valence-corrected chi connectivity index (χ3v) is 3.96. The summed E-state index contributed by atoms with van der Waals surface area (Å²) in [5.41, 5.74) is 0.674. The lowest BCUT2D eigenvalue weighted by atomic mass is 10.0. The number of pyridine rings is 1. The quantitative estimate of drug-likeness (QED) is 0.795. The molecule has 0 amide bonds. The Morgan fingerprint density at radius 1 is 1.44 bits per heavy atom. The number of piperidine rings is 1. The normalized spacial score (nSPS) is 20.9. The molecule has 1 saturated heterocycles. The maximum atomic E-state index is 5.96. The van der Waals surface area contributed by atoms with Crippen LogP contribution in [0.2, 0.25) is 5.02 Å². The highest BCUT2D eigenvalue weighted by Gasteiger charge is 2.19. The molecule has 1 aromatic heterocycles. The molecule has 1 aromatic rings. The molecule has 5 heteroatoms. The van der Waals surface area contributed by atoms with Crippen LogP contribution in [0.5, 0.6) is 5.88 Å². The summed E-state index contributed by atoms with van der Waals surface area (Å²) in [5.74, 6) is 0.911. The second kappa shape index (κ2) is 6.60. The zero-order valence-corrected chi connectivity index (χ0v) is 12.0. The fraction of sp³-hybridized carbons (Fsp3) is 0.615. The Morgan fingerprint density at radius 3 is 3.00 bits per heavy atom. The van der Waals surface area contributed by atoms with E-state index in [1.807, 2.05) is 0 Å². The first kappa shape index (κ1) is 13.9. The van der Waals surface area contributed by atoms with Gasteiger partial charge in [-0.1, -0.05) is 18.0 Å². The van der Waals surface area contributed by atoms with Gasteiger partial charge in [0, 0.05) is 12.1 Å². The van der Waals surface area contributed by atoms with Gasteiger partial charge in [0.1, 0.15) is 6.61 Å². The van der Waals surface area contributed by atoms with Crippen LogP contribution in [-0.4, -0.2) is 36.1 Å². The van der Waals surface area contributed by atoms with E-state index in [1.165, 1.54) is 19.3 Å². The second-order valence-electron chi connectivity index (χ2n) is 4.65. The van der Waals surface area contributed by atoms with Gasteiger partial charge in [-0.2, -0.15) is 0 Å². The summed E-state index contributed by atoms with van der Waals surface area (Å²) in [7, 11) is 2.15. The van der Waals surface area contributed by atoms with Crippen LogP contribution in [0.3, 0.4) is 0 Å². The monoisotopic (exact) mass is 288 g/mol. The summed E-state index contributed by atoms with van der Waals surface area (Å²) in [6.45, 7) is 1.82. The van der Waals surface area contributed by atoms with Gasteiger partial charge in [-0.3, -0.25) is 0 Å². The lowest BCUT2D eigenvalue weighted by Crippen LogP contribution is -2.40. The summed E-state index contributed by atoms with van der Waals surface area (Å²) >= 11 is 11.7. The van der Waals surface area contributed by atoms with E-state index in [0.717, 1.165) is 6.54 Å². The first-order valence-electron chi connectivity index (χ1n) is 6.25. The number of aromatic nitrogens is 1. The molecule has 1 atom stereocenters. The molecular formula is C13H18Cl2N2O. The van der Waals surface area contributed by atoms with E-state index in [4.69, 9.17) is 27.9 Å². The van der Waals surface area contributed by atoms with Crippen molar-refractivity contribution >= 4 is 23.2 Å². The molecule has 1 unspecified atom stereocenters. The molecule has 0 aromatic carbocycles. The summed E-state index contributed by atoms with van der Waals surface area (Å²) in [6, 6.07) is 4.06. The molecule has 100 valence electrons. The first-order chi connectivity index (χ1) is 8.70. The lowest BCUT2D eigenvalue weighted by Gasteiger charge is -2.31. The minimum absolute atomic E-state index is 0.305. The third kappa shape index (κ3) is 3.50. The van der Waals surface area contributed by atoms with Crippen LogP contribution >= 0.6 is 23.2 Å². The molecule has 0 radical (unpaired) electrons. The van der Waals surface area contributed by atoms with Crippen molar-refractivity contribution in [2.45, 2.75) is 31.2 Å². The van der Waals surface area contributed by atoms with Crippen molar-refractivity contribution in [3.8, 4) is 5.88 Å². The maximum Gasteiger partial charge on any atom is 0.213 e. The average Bonchev–Trinajstić information content (AvgIpc) is 2.39. The Labute approximate surface area is 118 Å². The van der Waals surface area contributed by atoms with Gasteiger partial charge in [-0.15, -0.1) is 11.6 Å². The third-order valence-electron chi connectivity index (χ3n) is 3.36. The summed E-state index contributed by atoms with van der Waals surface area (Å²) in [6.07, 6.45) is 3.74. The fourth-order valence-corrected chi connectivity index (χ4v) is 2.62. The van der Waals surface area contributed by atoms with E-state index in [-0.39, 0.29) is 0 Å².